The van der Waals surface area contributed by atoms with Crippen molar-refractivity contribution in [3.05, 3.63) is 0 Å². The second-order valence-corrected chi connectivity index (χ2v) is 8.20. The maximum absolute atomic E-state index is 12.6. The van der Waals surface area contributed by atoms with Gasteiger partial charge in [-0.1, -0.05) is 13.8 Å². The lowest BCUT2D eigenvalue weighted by Crippen LogP contribution is -2.48. The lowest BCUT2D eigenvalue weighted by atomic mass is 9.79. The fourth-order valence-electron chi connectivity index (χ4n) is 3.88. The molecule has 0 radical (unpaired) electrons. The molecule has 1 heterocycles. The molecule has 21 heavy (non-hydrogen) atoms. The predicted octanol–water partition coefficient (Wildman–Crippen LogP) is 3.44. The molecule has 2 fully saturated rings. The number of rotatable bonds is 5. The molecule has 0 atom stereocenters. The van der Waals surface area contributed by atoms with Gasteiger partial charge in [0.2, 0.25) is 5.91 Å². The van der Waals surface area contributed by atoms with Gasteiger partial charge in [-0.2, -0.15) is 0 Å². The summed E-state index contributed by atoms with van der Waals surface area (Å²) in [7, 11) is 0. The fourth-order valence-corrected chi connectivity index (χ4v) is 3.88. The fraction of sp³-hybridized carbons (Fsp3) is 0.944. The van der Waals surface area contributed by atoms with E-state index < -0.39 is 0 Å². The quantitative estimate of drug-likeness (QED) is 0.842. The highest BCUT2D eigenvalue weighted by Crippen LogP contribution is 2.30. The van der Waals surface area contributed by atoms with Gasteiger partial charge in [-0.05, 0) is 77.3 Å². The molecule has 0 aromatic heterocycles. The Bertz CT molecular complexity index is 337. The number of carbonyl (C=O) groups excluding carboxylic acids is 1. The lowest BCUT2D eigenvalue weighted by Gasteiger charge is -2.34. The van der Waals surface area contributed by atoms with Gasteiger partial charge in [0.1, 0.15) is 0 Å². The number of hydrogen-bond acceptors (Lipinski definition) is 2. The van der Waals surface area contributed by atoms with E-state index in [1.165, 1.54) is 25.7 Å². The summed E-state index contributed by atoms with van der Waals surface area (Å²) in [5.74, 6) is 1.89. The monoisotopic (exact) mass is 294 g/mol. The minimum Gasteiger partial charge on any atom is -0.353 e. The van der Waals surface area contributed by atoms with Crippen molar-refractivity contribution < 1.29 is 4.79 Å². The first kappa shape index (κ1) is 16.8. The Kier molecular flexibility index (Phi) is 5.70. The highest BCUT2D eigenvalue weighted by molar-refractivity contribution is 5.82. The number of carbonyl (C=O) groups is 1. The van der Waals surface area contributed by atoms with E-state index in [2.05, 4.69) is 37.9 Å². The highest BCUT2D eigenvalue weighted by atomic mass is 16.2. The Labute approximate surface area is 130 Å². The Morgan fingerprint density at radius 1 is 1.14 bits per heavy atom. The first-order valence-corrected chi connectivity index (χ1v) is 8.92. The smallest absolute Gasteiger partial charge is 0.227 e. The lowest BCUT2D eigenvalue weighted by molar-refractivity contribution is -0.131. The first-order valence-electron chi connectivity index (χ1n) is 8.92. The van der Waals surface area contributed by atoms with Crippen LogP contribution in [-0.2, 0) is 4.79 Å². The van der Waals surface area contributed by atoms with Crippen molar-refractivity contribution in [1.29, 1.82) is 0 Å². The Morgan fingerprint density at radius 3 is 2.24 bits per heavy atom. The van der Waals surface area contributed by atoms with Crippen LogP contribution in [0.4, 0.5) is 0 Å². The molecule has 1 N–H and O–H groups in total. The van der Waals surface area contributed by atoms with Crippen LogP contribution < -0.4 is 5.32 Å². The standard InChI is InChI=1S/C18H34N2O/c1-14(2)15-7-9-16(10-8-15)19-17(21)18(3,4)13-20-11-5-6-12-20/h14-16H,5-13H2,1-4H3,(H,19,21). The van der Waals surface area contributed by atoms with Crippen molar-refractivity contribution in [2.24, 2.45) is 17.3 Å². The second-order valence-electron chi connectivity index (χ2n) is 8.20. The average molecular weight is 294 g/mol. The Balaban J connectivity index is 1.78. The molecule has 1 aliphatic heterocycles. The van der Waals surface area contributed by atoms with Crippen LogP contribution in [0.15, 0.2) is 0 Å². The molecule has 3 heteroatoms. The summed E-state index contributed by atoms with van der Waals surface area (Å²) in [5, 5.41) is 3.33. The molecule has 1 saturated heterocycles. The number of nitrogens with zero attached hydrogens (tertiary/aromatic N) is 1. The van der Waals surface area contributed by atoms with Crippen molar-refractivity contribution >= 4 is 5.91 Å². The molecule has 0 aromatic carbocycles. The minimum atomic E-state index is -0.265. The van der Waals surface area contributed by atoms with E-state index in [0.717, 1.165) is 44.3 Å². The van der Waals surface area contributed by atoms with Gasteiger partial charge in [0.25, 0.3) is 0 Å². The third-order valence-electron chi connectivity index (χ3n) is 5.48. The molecule has 122 valence electrons. The van der Waals surface area contributed by atoms with Gasteiger partial charge in [0, 0.05) is 12.6 Å². The van der Waals surface area contributed by atoms with Crippen molar-refractivity contribution in [3.8, 4) is 0 Å². The third-order valence-corrected chi connectivity index (χ3v) is 5.48. The molecule has 1 aliphatic carbocycles. The van der Waals surface area contributed by atoms with E-state index in [9.17, 15) is 4.79 Å². The summed E-state index contributed by atoms with van der Waals surface area (Å²) in [5.41, 5.74) is -0.265. The van der Waals surface area contributed by atoms with E-state index in [1.54, 1.807) is 0 Å². The Hall–Kier alpha value is -0.570. The van der Waals surface area contributed by atoms with Gasteiger partial charge in [-0.25, -0.2) is 0 Å². The molecule has 3 nitrogen and oxygen atoms in total. The Morgan fingerprint density at radius 2 is 1.71 bits per heavy atom. The van der Waals surface area contributed by atoms with E-state index in [1.807, 2.05) is 0 Å². The zero-order valence-corrected chi connectivity index (χ0v) is 14.5. The molecule has 2 aliphatic rings. The van der Waals surface area contributed by atoms with Crippen molar-refractivity contribution in [2.45, 2.75) is 72.3 Å². The van der Waals surface area contributed by atoms with E-state index in [-0.39, 0.29) is 11.3 Å². The maximum atomic E-state index is 12.6. The van der Waals surface area contributed by atoms with Crippen molar-refractivity contribution in [1.82, 2.24) is 10.2 Å². The summed E-state index contributed by atoms with van der Waals surface area (Å²) in [6, 6.07) is 0.408. The van der Waals surface area contributed by atoms with Gasteiger partial charge >= 0.3 is 0 Å². The van der Waals surface area contributed by atoms with Gasteiger partial charge in [0.15, 0.2) is 0 Å². The van der Waals surface area contributed by atoms with Crippen LogP contribution in [-0.4, -0.2) is 36.5 Å². The zero-order valence-electron chi connectivity index (χ0n) is 14.5. The third kappa shape index (κ3) is 4.70. The number of likely N-dealkylation sites (tertiary alicyclic amines) is 1. The molecule has 0 bridgehead atoms. The number of hydrogen-bond donors (Lipinski definition) is 1. The number of nitrogens with one attached hydrogen (secondary N) is 1. The molecule has 0 aromatic rings. The van der Waals surface area contributed by atoms with Gasteiger partial charge < -0.3 is 10.2 Å². The average Bonchev–Trinajstić information content (AvgIpc) is 2.91. The van der Waals surface area contributed by atoms with Crippen LogP contribution in [0.1, 0.15) is 66.2 Å². The van der Waals surface area contributed by atoms with Gasteiger partial charge in [-0.3, -0.25) is 4.79 Å². The molecule has 0 unspecified atom stereocenters. The molecule has 2 rings (SSSR count). The van der Waals surface area contributed by atoms with E-state index >= 15 is 0 Å². The van der Waals surface area contributed by atoms with Gasteiger partial charge in [-0.15, -0.1) is 0 Å². The predicted molar refractivity (Wildman–Crippen MR) is 88.2 cm³/mol. The van der Waals surface area contributed by atoms with Crippen LogP contribution in [0.25, 0.3) is 0 Å². The summed E-state index contributed by atoms with van der Waals surface area (Å²) in [4.78, 5) is 15.0. The SMILES string of the molecule is CC(C)C1CCC(NC(=O)C(C)(C)CN2CCCC2)CC1. The molecular formula is C18H34N2O. The normalized spacial score (nSPS) is 28.0. The largest absolute Gasteiger partial charge is 0.353 e. The highest BCUT2D eigenvalue weighted by Gasteiger charge is 2.33. The maximum Gasteiger partial charge on any atom is 0.227 e. The van der Waals surface area contributed by atoms with Crippen LogP contribution in [0.2, 0.25) is 0 Å². The van der Waals surface area contributed by atoms with E-state index in [0.29, 0.717) is 6.04 Å². The van der Waals surface area contributed by atoms with Crippen LogP contribution in [0.3, 0.4) is 0 Å². The summed E-state index contributed by atoms with van der Waals surface area (Å²) in [6.07, 6.45) is 7.45. The number of amides is 1. The van der Waals surface area contributed by atoms with Crippen molar-refractivity contribution in [2.75, 3.05) is 19.6 Å². The van der Waals surface area contributed by atoms with Crippen molar-refractivity contribution in [3.63, 3.8) is 0 Å². The second kappa shape index (κ2) is 7.13. The van der Waals surface area contributed by atoms with E-state index in [4.69, 9.17) is 0 Å². The summed E-state index contributed by atoms with van der Waals surface area (Å²) < 4.78 is 0. The topological polar surface area (TPSA) is 32.3 Å². The van der Waals surface area contributed by atoms with Crippen LogP contribution in [0, 0.1) is 17.3 Å². The molecule has 0 spiro atoms. The molecule has 1 amide bonds. The zero-order chi connectivity index (χ0) is 15.5. The van der Waals surface area contributed by atoms with Crippen LogP contribution >= 0.6 is 0 Å². The van der Waals surface area contributed by atoms with Gasteiger partial charge in [0.05, 0.1) is 5.41 Å². The summed E-state index contributed by atoms with van der Waals surface area (Å²) >= 11 is 0. The minimum absolute atomic E-state index is 0.252. The molecule has 1 saturated carbocycles. The first-order chi connectivity index (χ1) is 9.88. The molecular weight excluding hydrogens is 260 g/mol. The summed E-state index contributed by atoms with van der Waals surface area (Å²) in [6.45, 7) is 12.1. The van der Waals surface area contributed by atoms with Crippen LogP contribution in [0.5, 0.6) is 0 Å².